The standard InChI is InChI=1S/C37H42O9S2/c1-8-24(3)25-10-12-26(13-11-25)35(38)27-14-18-30(19-15-27)45-31-20-16-28(22-33(31)47(39,40)41)37(6,7)29-17-21-32(46-36(4,5)9-2)34(23-29)48(42,43)44/h10-24H,8-9H2,1-7H3,(H,39,40,41)(H,42,43,44). The van der Waals surface area contributed by atoms with E-state index in [9.17, 15) is 30.7 Å². The first kappa shape index (κ1) is 36.8. The van der Waals surface area contributed by atoms with Crippen LogP contribution in [0.3, 0.4) is 0 Å². The first-order valence-corrected chi connectivity index (χ1v) is 18.5. The summed E-state index contributed by atoms with van der Waals surface area (Å²) in [7, 11) is -9.47. The molecule has 0 aliphatic carbocycles. The van der Waals surface area contributed by atoms with Gasteiger partial charge in [0, 0.05) is 16.5 Å². The highest BCUT2D eigenvalue weighted by Crippen LogP contribution is 2.40. The van der Waals surface area contributed by atoms with Crippen molar-refractivity contribution in [1.29, 1.82) is 0 Å². The lowest BCUT2D eigenvalue weighted by molar-refractivity contribution is 0.101. The Bertz CT molecular complexity index is 2010. The van der Waals surface area contributed by atoms with Gasteiger partial charge in [0.1, 0.15) is 32.6 Å². The topological polar surface area (TPSA) is 144 Å². The van der Waals surface area contributed by atoms with E-state index in [1.54, 1.807) is 64.1 Å². The molecule has 9 nitrogen and oxygen atoms in total. The van der Waals surface area contributed by atoms with Crippen LogP contribution in [-0.2, 0) is 25.7 Å². The van der Waals surface area contributed by atoms with Crippen LogP contribution in [0.2, 0.25) is 0 Å². The van der Waals surface area contributed by atoms with Crippen molar-refractivity contribution in [2.45, 2.75) is 88.0 Å². The highest BCUT2D eigenvalue weighted by Gasteiger charge is 2.31. The summed E-state index contributed by atoms with van der Waals surface area (Å²) >= 11 is 0. The molecule has 48 heavy (non-hydrogen) atoms. The first-order valence-electron chi connectivity index (χ1n) is 15.6. The maximum Gasteiger partial charge on any atom is 0.298 e. The predicted octanol–water partition coefficient (Wildman–Crippen LogP) is 8.61. The van der Waals surface area contributed by atoms with Crippen molar-refractivity contribution in [2.75, 3.05) is 0 Å². The Balaban J connectivity index is 1.64. The van der Waals surface area contributed by atoms with Gasteiger partial charge in [0.05, 0.1) is 0 Å². The van der Waals surface area contributed by atoms with E-state index in [0.717, 1.165) is 12.0 Å². The van der Waals surface area contributed by atoms with Crippen LogP contribution in [-0.4, -0.2) is 37.3 Å². The van der Waals surface area contributed by atoms with Gasteiger partial charge in [0.15, 0.2) is 5.78 Å². The Morgan fingerprint density at radius 3 is 1.62 bits per heavy atom. The van der Waals surface area contributed by atoms with Gasteiger partial charge < -0.3 is 9.47 Å². The highest BCUT2D eigenvalue weighted by atomic mass is 32.2. The number of hydrogen-bond donors (Lipinski definition) is 2. The molecule has 4 rings (SSSR count). The maximum absolute atomic E-state index is 13.1. The van der Waals surface area contributed by atoms with Crippen LogP contribution < -0.4 is 9.47 Å². The summed E-state index contributed by atoms with van der Waals surface area (Å²) in [5.74, 6) is 0.285. The molecular weight excluding hydrogens is 653 g/mol. The van der Waals surface area contributed by atoms with Gasteiger partial charge in [-0.1, -0.05) is 71.0 Å². The first-order chi connectivity index (χ1) is 22.3. The molecule has 11 heteroatoms. The number of benzene rings is 4. The van der Waals surface area contributed by atoms with Crippen LogP contribution in [0.5, 0.6) is 17.2 Å². The Morgan fingerprint density at radius 2 is 1.17 bits per heavy atom. The van der Waals surface area contributed by atoms with Gasteiger partial charge in [-0.05, 0) is 97.8 Å². The molecule has 0 bridgehead atoms. The van der Waals surface area contributed by atoms with Gasteiger partial charge >= 0.3 is 0 Å². The van der Waals surface area contributed by atoms with E-state index < -0.39 is 41.0 Å². The van der Waals surface area contributed by atoms with Crippen molar-refractivity contribution >= 4 is 26.0 Å². The minimum atomic E-state index is -4.78. The van der Waals surface area contributed by atoms with Gasteiger partial charge in [-0.2, -0.15) is 16.8 Å². The van der Waals surface area contributed by atoms with E-state index in [-0.39, 0.29) is 23.0 Å². The predicted molar refractivity (Wildman–Crippen MR) is 185 cm³/mol. The summed E-state index contributed by atoms with van der Waals surface area (Å²) in [5.41, 5.74) is 1.25. The largest absolute Gasteiger partial charge is 0.486 e. The average Bonchev–Trinajstić information content (AvgIpc) is 3.03. The lowest BCUT2D eigenvalue weighted by Gasteiger charge is -2.29. The molecule has 0 amide bonds. The Hall–Kier alpha value is -4.03. The van der Waals surface area contributed by atoms with E-state index in [2.05, 4.69) is 13.8 Å². The number of ketones is 1. The van der Waals surface area contributed by atoms with E-state index in [1.165, 1.54) is 36.4 Å². The molecule has 2 N–H and O–H groups in total. The molecule has 0 saturated carbocycles. The molecule has 0 aromatic heterocycles. The van der Waals surface area contributed by atoms with Gasteiger partial charge in [-0.25, -0.2) is 0 Å². The second kappa shape index (κ2) is 13.8. The molecule has 0 spiro atoms. The van der Waals surface area contributed by atoms with E-state index in [0.29, 0.717) is 34.6 Å². The zero-order valence-corrected chi connectivity index (χ0v) is 29.8. The fourth-order valence-electron chi connectivity index (χ4n) is 5.07. The molecule has 0 fully saturated rings. The maximum atomic E-state index is 13.1. The number of carbonyl (C=O) groups excluding carboxylic acids is 1. The molecule has 0 heterocycles. The van der Waals surface area contributed by atoms with Gasteiger partial charge in [-0.15, -0.1) is 0 Å². The van der Waals surface area contributed by atoms with Crippen LogP contribution in [0, 0.1) is 0 Å². The van der Waals surface area contributed by atoms with Crippen molar-refractivity contribution in [1.82, 2.24) is 0 Å². The Kier molecular flexibility index (Phi) is 10.6. The minimum Gasteiger partial charge on any atom is -0.486 e. The van der Waals surface area contributed by atoms with Crippen LogP contribution in [0.4, 0.5) is 0 Å². The van der Waals surface area contributed by atoms with Crippen LogP contribution in [0.1, 0.15) is 99.8 Å². The third-order valence-electron chi connectivity index (χ3n) is 8.82. The number of hydrogen-bond acceptors (Lipinski definition) is 7. The molecular formula is C37H42O9S2. The third-order valence-corrected chi connectivity index (χ3v) is 10.6. The van der Waals surface area contributed by atoms with E-state index in [4.69, 9.17) is 9.47 Å². The third kappa shape index (κ3) is 8.33. The fourth-order valence-corrected chi connectivity index (χ4v) is 6.35. The molecule has 4 aromatic carbocycles. The van der Waals surface area contributed by atoms with Crippen molar-refractivity contribution in [3.8, 4) is 17.2 Å². The molecule has 0 saturated heterocycles. The van der Waals surface area contributed by atoms with Crippen molar-refractivity contribution in [3.05, 3.63) is 113 Å². The van der Waals surface area contributed by atoms with Crippen LogP contribution in [0.15, 0.2) is 94.7 Å². The fraction of sp³-hybridized carbons (Fsp3) is 0.324. The van der Waals surface area contributed by atoms with Crippen molar-refractivity contribution in [2.24, 2.45) is 0 Å². The quantitative estimate of drug-likeness (QED) is 0.104. The zero-order chi connectivity index (χ0) is 35.7. The van der Waals surface area contributed by atoms with Crippen LogP contribution in [0.25, 0.3) is 0 Å². The number of ether oxygens (including phenoxy) is 2. The summed E-state index contributed by atoms with van der Waals surface area (Å²) in [5, 5.41) is 0. The molecule has 1 atom stereocenters. The number of carbonyl (C=O) groups is 1. The summed E-state index contributed by atoms with van der Waals surface area (Å²) in [6, 6.07) is 22.3. The van der Waals surface area contributed by atoms with E-state index >= 15 is 0 Å². The summed E-state index contributed by atoms with van der Waals surface area (Å²) in [6.07, 6.45) is 1.57. The second-order valence-corrected chi connectivity index (χ2v) is 15.8. The Morgan fingerprint density at radius 1 is 0.708 bits per heavy atom. The molecule has 1 unspecified atom stereocenters. The smallest absolute Gasteiger partial charge is 0.298 e. The average molecular weight is 695 g/mol. The van der Waals surface area contributed by atoms with Crippen molar-refractivity contribution < 1.29 is 40.2 Å². The zero-order valence-electron chi connectivity index (χ0n) is 28.1. The Labute approximate surface area is 283 Å². The SMILES string of the molecule is CCC(C)c1ccc(C(=O)c2ccc(Oc3ccc(C(C)(C)c4ccc(OC(C)(C)CC)c(S(=O)(=O)O)c4)cc3S(=O)(=O)O)cc2)cc1. The molecule has 0 radical (unpaired) electrons. The van der Waals surface area contributed by atoms with Crippen LogP contribution >= 0.6 is 0 Å². The highest BCUT2D eigenvalue weighted by molar-refractivity contribution is 7.86. The minimum absolute atomic E-state index is 0.0153. The summed E-state index contributed by atoms with van der Waals surface area (Å²) in [6.45, 7) is 13.2. The van der Waals surface area contributed by atoms with Gasteiger partial charge in [0.2, 0.25) is 0 Å². The van der Waals surface area contributed by atoms with Crippen molar-refractivity contribution in [3.63, 3.8) is 0 Å². The monoisotopic (exact) mass is 694 g/mol. The molecule has 0 aliphatic rings. The second-order valence-electron chi connectivity index (χ2n) is 13.0. The summed E-state index contributed by atoms with van der Waals surface area (Å²) in [4.78, 5) is 12.1. The summed E-state index contributed by atoms with van der Waals surface area (Å²) < 4.78 is 81.7. The number of rotatable bonds is 13. The van der Waals surface area contributed by atoms with E-state index in [1.807, 2.05) is 19.1 Å². The molecule has 0 aliphatic heterocycles. The normalized spacial score (nSPS) is 13.2. The lowest BCUT2D eigenvalue weighted by atomic mass is 9.78. The lowest BCUT2D eigenvalue weighted by Crippen LogP contribution is -2.28. The van der Waals surface area contributed by atoms with Gasteiger partial charge in [0.25, 0.3) is 20.2 Å². The van der Waals surface area contributed by atoms with Gasteiger partial charge in [-0.3, -0.25) is 13.9 Å². The molecule has 256 valence electrons. The molecule has 4 aromatic rings.